The number of para-hydroxylation sites is 3. The number of hydrogen-bond acceptors (Lipinski definition) is 1. The summed E-state index contributed by atoms with van der Waals surface area (Å²) in [4.78, 5) is 4.96. The average molecular weight is 331 g/mol. The van der Waals surface area contributed by atoms with Crippen molar-refractivity contribution in [2.75, 3.05) is 0 Å². The van der Waals surface area contributed by atoms with Gasteiger partial charge in [-0.3, -0.25) is 8.80 Å². The van der Waals surface area contributed by atoms with Crippen LogP contribution in [0.1, 0.15) is 0 Å². The van der Waals surface area contributed by atoms with Crippen molar-refractivity contribution in [3.05, 3.63) is 78.9 Å². The molecule has 0 amide bonds. The molecule has 0 atom stereocenters. The number of aromatic nitrogens is 3. The van der Waals surface area contributed by atoms with Crippen molar-refractivity contribution in [3.63, 3.8) is 0 Å². The lowest BCUT2D eigenvalue weighted by atomic mass is 10.0. The molecule has 0 aliphatic carbocycles. The smallest absolute Gasteiger partial charge is 0.220 e. The maximum absolute atomic E-state index is 4.96. The van der Waals surface area contributed by atoms with E-state index in [0.717, 1.165) is 16.8 Å². The fourth-order valence-electron chi connectivity index (χ4n) is 4.61. The lowest BCUT2D eigenvalue weighted by Crippen LogP contribution is -1.84. The Kier molecular flexibility index (Phi) is 2.03. The van der Waals surface area contributed by atoms with Crippen LogP contribution >= 0.6 is 0 Å². The third kappa shape index (κ3) is 1.28. The van der Waals surface area contributed by atoms with Gasteiger partial charge in [0.05, 0.1) is 27.6 Å². The lowest BCUT2D eigenvalue weighted by Gasteiger charge is -2.01. The molecular weight excluding hydrogens is 318 g/mol. The van der Waals surface area contributed by atoms with E-state index in [2.05, 4.69) is 81.6 Å². The highest BCUT2D eigenvalue weighted by Gasteiger charge is 2.20. The Morgan fingerprint density at radius 1 is 0.577 bits per heavy atom. The minimum absolute atomic E-state index is 0.989. The fraction of sp³-hybridized carbons (Fsp3) is 0. The summed E-state index contributed by atoms with van der Waals surface area (Å²) in [5.41, 5.74) is 5.89. The van der Waals surface area contributed by atoms with Gasteiger partial charge in [-0.1, -0.05) is 54.6 Å². The second kappa shape index (κ2) is 4.14. The molecule has 3 nitrogen and oxygen atoms in total. The molecule has 4 aromatic carbocycles. The molecule has 0 saturated carbocycles. The largest absolute Gasteiger partial charge is 0.277 e. The van der Waals surface area contributed by atoms with Crippen LogP contribution in [0.15, 0.2) is 78.9 Å². The van der Waals surface area contributed by atoms with Crippen LogP contribution in [0.4, 0.5) is 0 Å². The first-order valence-corrected chi connectivity index (χ1v) is 8.85. The van der Waals surface area contributed by atoms with E-state index >= 15 is 0 Å². The highest BCUT2D eigenvalue weighted by atomic mass is 15.2. The average Bonchev–Trinajstić information content (AvgIpc) is 3.33. The van der Waals surface area contributed by atoms with Crippen LogP contribution in [0.2, 0.25) is 0 Å². The Bertz CT molecular complexity index is 1630. The van der Waals surface area contributed by atoms with Gasteiger partial charge in [-0.25, -0.2) is 4.98 Å². The predicted molar refractivity (Wildman–Crippen MR) is 107 cm³/mol. The zero-order valence-electron chi connectivity index (χ0n) is 13.8. The van der Waals surface area contributed by atoms with Gasteiger partial charge >= 0.3 is 0 Å². The summed E-state index contributed by atoms with van der Waals surface area (Å²) in [5.74, 6) is 0.989. The summed E-state index contributed by atoms with van der Waals surface area (Å²) in [6, 6.07) is 28.0. The zero-order chi connectivity index (χ0) is 16.8. The van der Waals surface area contributed by atoms with E-state index in [1.807, 2.05) is 6.07 Å². The molecule has 7 rings (SSSR count). The fourth-order valence-corrected chi connectivity index (χ4v) is 4.61. The number of rotatable bonds is 0. The van der Waals surface area contributed by atoms with Crippen molar-refractivity contribution in [2.45, 2.75) is 0 Å². The number of imidazole rings is 2. The minimum Gasteiger partial charge on any atom is -0.277 e. The van der Waals surface area contributed by atoms with Crippen molar-refractivity contribution < 1.29 is 0 Å². The Hall–Kier alpha value is -3.59. The third-order valence-electron chi connectivity index (χ3n) is 5.64. The summed E-state index contributed by atoms with van der Waals surface area (Å²) in [5, 5.41) is 5.19. The number of fused-ring (bicyclic) bond motifs is 10. The van der Waals surface area contributed by atoms with Crippen LogP contribution in [0, 0.1) is 0 Å². The summed E-state index contributed by atoms with van der Waals surface area (Å²) in [6.07, 6.45) is 0. The van der Waals surface area contributed by atoms with E-state index in [9.17, 15) is 0 Å². The highest BCUT2D eigenvalue weighted by Crippen LogP contribution is 2.39. The quantitative estimate of drug-likeness (QED) is 0.352. The van der Waals surface area contributed by atoms with Gasteiger partial charge in [0.1, 0.15) is 0 Å². The Morgan fingerprint density at radius 2 is 1.38 bits per heavy atom. The zero-order valence-corrected chi connectivity index (χ0v) is 13.8. The Morgan fingerprint density at radius 3 is 2.38 bits per heavy atom. The maximum atomic E-state index is 4.96. The summed E-state index contributed by atoms with van der Waals surface area (Å²) >= 11 is 0. The molecule has 0 spiro atoms. The van der Waals surface area contributed by atoms with Crippen molar-refractivity contribution in [2.24, 2.45) is 0 Å². The molecule has 0 saturated heterocycles. The molecule has 120 valence electrons. The van der Waals surface area contributed by atoms with Gasteiger partial charge < -0.3 is 0 Å². The van der Waals surface area contributed by atoms with E-state index in [1.165, 1.54) is 38.1 Å². The van der Waals surface area contributed by atoms with Crippen molar-refractivity contribution >= 4 is 54.9 Å². The van der Waals surface area contributed by atoms with Gasteiger partial charge in [0.25, 0.3) is 0 Å². The molecule has 0 N–H and O–H groups in total. The topological polar surface area (TPSA) is 21.7 Å². The van der Waals surface area contributed by atoms with Crippen molar-refractivity contribution in [3.8, 4) is 0 Å². The van der Waals surface area contributed by atoms with E-state index in [-0.39, 0.29) is 0 Å². The molecule has 0 unspecified atom stereocenters. The molecule has 0 aliphatic heterocycles. The minimum atomic E-state index is 0.989. The third-order valence-corrected chi connectivity index (χ3v) is 5.64. The van der Waals surface area contributed by atoms with E-state index in [0.29, 0.717) is 0 Å². The first-order chi connectivity index (χ1) is 12.9. The van der Waals surface area contributed by atoms with Gasteiger partial charge in [-0.2, -0.15) is 0 Å². The second-order valence-corrected chi connectivity index (χ2v) is 6.93. The monoisotopic (exact) mass is 331 g/mol. The molecule has 7 aromatic rings. The van der Waals surface area contributed by atoms with Gasteiger partial charge in [-0.15, -0.1) is 0 Å². The molecule has 0 fully saturated rings. The van der Waals surface area contributed by atoms with E-state index in [4.69, 9.17) is 4.98 Å². The van der Waals surface area contributed by atoms with Crippen LogP contribution in [-0.2, 0) is 0 Å². The molecule has 3 heterocycles. The van der Waals surface area contributed by atoms with Crippen molar-refractivity contribution in [1.29, 1.82) is 0 Å². The normalized spacial score (nSPS) is 12.6. The highest BCUT2D eigenvalue weighted by molar-refractivity contribution is 6.24. The van der Waals surface area contributed by atoms with Crippen LogP contribution < -0.4 is 0 Å². The number of benzene rings is 4. The van der Waals surface area contributed by atoms with Gasteiger partial charge in [0.15, 0.2) is 0 Å². The predicted octanol–water partition coefficient (Wildman–Crippen LogP) is 5.64. The summed E-state index contributed by atoms with van der Waals surface area (Å²) in [6.45, 7) is 0. The van der Waals surface area contributed by atoms with Crippen LogP contribution in [0.5, 0.6) is 0 Å². The molecule has 3 heteroatoms. The van der Waals surface area contributed by atoms with Crippen LogP contribution in [-0.4, -0.2) is 13.8 Å². The molecule has 0 bridgehead atoms. The van der Waals surface area contributed by atoms with E-state index in [1.54, 1.807) is 0 Å². The summed E-state index contributed by atoms with van der Waals surface area (Å²) in [7, 11) is 0. The molecule has 0 radical (unpaired) electrons. The first-order valence-electron chi connectivity index (χ1n) is 8.85. The van der Waals surface area contributed by atoms with Crippen molar-refractivity contribution in [1.82, 2.24) is 13.8 Å². The van der Waals surface area contributed by atoms with Crippen LogP contribution in [0.3, 0.4) is 0 Å². The number of hydrogen-bond donors (Lipinski definition) is 0. The summed E-state index contributed by atoms with van der Waals surface area (Å²) < 4.78 is 4.61. The molecule has 0 aliphatic rings. The second-order valence-electron chi connectivity index (χ2n) is 6.93. The molecular formula is C23H13N3. The van der Waals surface area contributed by atoms with Gasteiger partial charge in [0.2, 0.25) is 5.78 Å². The first kappa shape index (κ1) is 12.7. The maximum Gasteiger partial charge on any atom is 0.220 e. The van der Waals surface area contributed by atoms with Gasteiger partial charge in [0, 0.05) is 10.8 Å². The standard InChI is InChI=1S/C23H13N3/c1-2-7-15-14(6-1)12-13-19-21(15)16-8-5-11-20-22(16)26(19)23-24-17-9-3-4-10-18(17)25(20)23/h1-13H. The van der Waals surface area contributed by atoms with Gasteiger partial charge in [-0.05, 0) is 35.0 Å². The molecule has 3 aromatic heterocycles. The van der Waals surface area contributed by atoms with E-state index < -0.39 is 0 Å². The number of nitrogens with zero attached hydrogens (tertiary/aromatic N) is 3. The Balaban J connectivity index is 1.90. The SMILES string of the molecule is c1ccc2c(c1)ccc1c2c2cccc3c2n1c1nc2ccccc2n31. The van der Waals surface area contributed by atoms with Crippen LogP contribution in [0.25, 0.3) is 54.9 Å². The lowest BCUT2D eigenvalue weighted by molar-refractivity contribution is 1.22. The Labute approximate surface area is 148 Å². The molecule has 26 heavy (non-hydrogen) atoms.